The van der Waals surface area contributed by atoms with Crippen LogP contribution in [0.3, 0.4) is 0 Å². The first-order chi connectivity index (χ1) is 14.2. The average molecular weight is 383 g/mol. The number of Topliss-reactive ketones (excluding diaryl/α,β-unsaturated/α-hetero) is 2. The normalized spacial score (nSPS) is 24.8. The fraction of sp³-hybridized carbons (Fsp3) is 0.346. The summed E-state index contributed by atoms with van der Waals surface area (Å²) in [5.41, 5.74) is 5.26. The smallest absolute Gasteiger partial charge is 0.166 e. The molecule has 0 amide bonds. The minimum Gasteiger partial charge on any atom is -0.294 e. The second-order valence-electron chi connectivity index (χ2n) is 8.44. The van der Waals surface area contributed by atoms with Gasteiger partial charge in [0.15, 0.2) is 11.6 Å². The molecule has 0 N–H and O–H groups in total. The Kier molecular flexibility index (Phi) is 4.75. The lowest BCUT2D eigenvalue weighted by Gasteiger charge is -2.38. The number of rotatable bonds is 3. The molecule has 146 valence electrons. The summed E-state index contributed by atoms with van der Waals surface area (Å²) in [6.45, 7) is 0. The van der Waals surface area contributed by atoms with E-state index in [1.807, 2.05) is 36.4 Å². The zero-order valence-electron chi connectivity index (χ0n) is 16.5. The van der Waals surface area contributed by atoms with E-state index >= 15 is 0 Å². The molecule has 0 spiro atoms. The van der Waals surface area contributed by atoms with Crippen molar-refractivity contribution in [1.82, 2.24) is 4.98 Å². The molecule has 1 aromatic heterocycles. The minimum atomic E-state index is -0.157. The van der Waals surface area contributed by atoms with Crippen LogP contribution >= 0.6 is 0 Å². The maximum absolute atomic E-state index is 13.5. The van der Waals surface area contributed by atoms with Gasteiger partial charge < -0.3 is 0 Å². The van der Waals surface area contributed by atoms with E-state index in [1.165, 1.54) is 5.57 Å². The third-order valence-electron chi connectivity index (χ3n) is 6.94. The lowest BCUT2D eigenvalue weighted by atomic mass is 9.64. The Labute approximate surface area is 171 Å². The standard InChI is InChI=1S/C26H25NO2/c28-25-20-7-3-1-5-17(20)9-11-22(25)24(19-13-15-27-16-14-19)23-12-10-18-6-2-4-8-21(18)26(23)29/h1,3-5,7-8,13-16,22-24H,2,6,9-12H2. The van der Waals surface area contributed by atoms with Crippen LogP contribution in [0.1, 0.15) is 59.5 Å². The summed E-state index contributed by atoms with van der Waals surface area (Å²) in [6, 6.07) is 11.9. The van der Waals surface area contributed by atoms with Gasteiger partial charge in [-0.25, -0.2) is 0 Å². The molecule has 0 saturated heterocycles. The van der Waals surface area contributed by atoms with E-state index in [0.717, 1.165) is 60.8 Å². The predicted octanol–water partition coefficient (Wildman–Crippen LogP) is 5.24. The van der Waals surface area contributed by atoms with Crippen LogP contribution in [0.2, 0.25) is 0 Å². The van der Waals surface area contributed by atoms with Crippen LogP contribution < -0.4 is 0 Å². The Bertz CT molecular complexity index is 1020. The summed E-state index contributed by atoms with van der Waals surface area (Å²) in [5.74, 6) is 0.0425. The molecule has 1 aromatic carbocycles. The number of carbonyl (C=O) groups excluding carboxylic acids is 2. The number of fused-ring (bicyclic) bond motifs is 1. The minimum absolute atomic E-state index is 0.0873. The van der Waals surface area contributed by atoms with Crippen LogP contribution in [0.25, 0.3) is 0 Å². The van der Waals surface area contributed by atoms with Crippen molar-refractivity contribution in [2.45, 2.75) is 44.4 Å². The van der Waals surface area contributed by atoms with Gasteiger partial charge in [0, 0.05) is 41.3 Å². The molecule has 3 unspecified atom stereocenters. The van der Waals surface area contributed by atoms with Gasteiger partial charge in [0.25, 0.3) is 0 Å². The number of benzene rings is 1. The molecular formula is C26H25NO2. The second kappa shape index (κ2) is 7.55. The van der Waals surface area contributed by atoms with Crippen LogP contribution in [0, 0.1) is 11.8 Å². The molecule has 5 rings (SSSR count). The highest BCUT2D eigenvalue weighted by molar-refractivity contribution is 6.04. The molecule has 0 bridgehead atoms. The van der Waals surface area contributed by atoms with Gasteiger partial charge >= 0.3 is 0 Å². The average Bonchev–Trinajstić information content (AvgIpc) is 2.78. The molecule has 3 atom stereocenters. The topological polar surface area (TPSA) is 47.0 Å². The molecule has 3 nitrogen and oxygen atoms in total. The van der Waals surface area contributed by atoms with E-state index in [9.17, 15) is 9.59 Å². The number of carbonyl (C=O) groups is 2. The van der Waals surface area contributed by atoms with Crippen molar-refractivity contribution in [2.24, 2.45) is 11.8 Å². The third kappa shape index (κ3) is 3.19. The fourth-order valence-electron chi connectivity index (χ4n) is 5.52. The zero-order chi connectivity index (χ0) is 19.8. The molecule has 2 aromatic rings. The number of aromatic nitrogens is 1. The Morgan fingerprint density at radius 1 is 0.862 bits per heavy atom. The van der Waals surface area contributed by atoms with Crippen LogP contribution in [0.15, 0.2) is 72.1 Å². The predicted molar refractivity (Wildman–Crippen MR) is 113 cm³/mol. The largest absolute Gasteiger partial charge is 0.294 e. The summed E-state index contributed by atoms with van der Waals surface area (Å²) >= 11 is 0. The lowest BCUT2D eigenvalue weighted by molar-refractivity contribution is -0.120. The number of hydrogen-bond donors (Lipinski definition) is 0. The fourth-order valence-corrected chi connectivity index (χ4v) is 5.52. The van der Waals surface area contributed by atoms with Crippen molar-refractivity contribution in [3.63, 3.8) is 0 Å². The zero-order valence-corrected chi connectivity index (χ0v) is 16.5. The van der Waals surface area contributed by atoms with Crippen molar-refractivity contribution in [3.8, 4) is 0 Å². The van der Waals surface area contributed by atoms with E-state index in [-0.39, 0.29) is 29.3 Å². The Morgan fingerprint density at radius 3 is 2.48 bits per heavy atom. The highest BCUT2D eigenvalue weighted by atomic mass is 16.1. The van der Waals surface area contributed by atoms with Gasteiger partial charge in [-0.1, -0.05) is 42.0 Å². The van der Waals surface area contributed by atoms with Crippen LogP contribution in [0.5, 0.6) is 0 Å². The van der Waals surface area contributed by atoms with Gasteiger partial charge in [0.05, 0.1) is 0 Å². The van der Waals surface area contributed by atoms with Gasteiger partial charge in [0.1, 0.15) is 0 Å². The molecule has 3 aliphatic rings. The third-order valence-corrected chi connectivity index (χ3v) is 6.94. The molecule has 29 heavy (non-hydrogen) atoms. The molecule has 0 aliphatic heterocycles. The van der Waals surface area contributed by atoms with Gasteiger partial charge in [0.2, 0.25) is 0 Å². The quantitative estimate of drug-likeness (QED) is 0.728. The highest BCUT2D eigenvalue weighted by Crippen LogP contribution is 2.46. The molecule has 0 fully saturated rings. The first-order valence-electron chi connectivity index (χ1n) is 10.7. The van der Waals surface area contributed by atoms with E-state index in [2.05, 4.69) is 17.1 Å². The van der Waals surface area contributed by atoms with Crippen molar-refractivity contribution < 1.29 is 9.59 Å². The lowest BCUT2D eigenvalue weighted by Crippen LogP contribution is -2.37. The van der Waals surface area contributed by atoms with Crippen LogP contribution in [-0.2, 0) is 11.2 Å². The maximum atomic E-state index is 13.5. The first kappa shape index (κ1) is 18.2. The number of ketones is 2. The van der Waals surface area contributed by atoms with Crippen molar-refractivity contribution >= 4 is 11.6 Å². The van der Waals surface area contributed by atoms with E-state index < -0.39 is 0 Å². The molecule has 0 saturated carbocycles. The monoisotopic (exact) mass is 383 g/mol. The molecule has 3 aliphatic carbocycles. The van der Waals surface area contributed by atoms with Crippen molar-refractivity contribution in [3.05, 3.63) is 88.8 Å². The number of nitrogens with zero attached hydrogens (tertiary/aromatic N) is 1. The Hall–Kier alpha value is -2.81. The summed E-state index contributed by atoms with van der Waals surface area (Å²) < 4.78 is 0. The van der Waals surface area contributed by atoms with Crippen molar-refractivity contribution in [2.75, 3.05) is 0 Å². The van der Waals surface area contributed by atoms with E-state index in [4.69, 9.17) is 0 Å². The summed E-state index contributed by atoms with van der Waals surface area (Å²) in [7, 11) is 0. The number of aryl methyl sites for hydroxylation is 1. The SMILES string of the molecule is O=C1C2=C(CCC=C2)CCC1C(c1ccncc1)C1CCc2ccccc2C1=O. The maximum Gasteiger partial charge on any atom is 0.166 e. The number of allylic oxidation sites excluding steroid dienone is 4. The number of pyridine rings is 1. The summed E-state index contributed by atoms with van der Waals surface area (Å²) in [5, 5.41) is 0. The first-order valence-corrected chi connectivity index (χ1v) is 10.7. The molecular weight excluding hydrogens is 358 g/mol. The van der Waals surface area contributed by atoms with Gasteiger partial charge in [-0.2, -0.15) is 0 Å². The molecule has 3 heteroatoms. The van der Waals surface area contributed by atoms with Gasteiger partial charge in [-0.15, -0.1) is 0 Å². The van der Waals surface area contributed by atoms with Gasteiger partial charge in [-0.05, 0) is 61.8 Å². The Morgan fingerprint density at radius 2 is 1.62 bits per heavy atom. The van der Waals surface area contributed by atoms with E-state index in [1.54, 1.807) is 12.4 Å². The van der Waals surface area contributed by atoms with E-state index in [0.29, 0.717) is 0 Å². The Balaban J connectivity index is 1.56. The van der Waals surface area contributed by atoms with Crippen LogP contribution in [-0.4, -0.2) is 16.6 Å². The van der Waals surface area contributed by atoms with Crippen LogP contribution in [0.4, 0.5) is 0 Å². The second-order valence-corrected chi connectivity index (χ2v) is 8.44. The highest BCUT2D eigenvalue weighted by Gasteiger charge is 2.43. The van der Waals surface area contributed by atoms with Crippen molar-refractivity contribution in [1.29, 1.82) is 0 Å². The molecule has 1 heterocycles. The summed E-state index contributed by atoms with van der Waals surface area (Å²) in [6.07, 6.45) is 13.2. The van der Waals surface area contributed by atoms with Gasteiger partial charge in [-0.3, -0.25) is 14.6 Å². The molecule has 0 radical (unpaired) electrons. The number of hydrogen-bond acceptors (Lipinski definition) is 3. The summed E-state index contributed by atoms with van der Waals surface area (Å²) in [4.78, 5) is 31.2.